The summed E-state index contributed by atoms with van der Waals surface area (Å²) in [6, 6.07) is 67.9. The lowest BCUT2D eigenvalue weighted by Gasteiger charge is -2.24. The van der Waals surface area contributed by atoms with Crippen molar-refractivity contribution >= 4 is 44.0 Å². The number of benzene rings is 9. The number of nitrogens with zero attached hydrogens (tertiary/aromatic N) is 2. The van der Waals surface area contributed by atoms with E-state index < -0.39 is 0 Å². The Labute approximate surface area is 332 Å². The van der Waals surface area contributed by atoms with Gasteiger partial charge in [-0.25, -0.2) is 9.98 Å². The van der Waals surface area contributed by atoms with E-state index in [0.29, 0.717) is 5.84 Å². The van der Waals surface area contributed by atoms with Crippen molar-refractivity contribution < 1.29 is 0 Å². The molecule has 1 unspecified atom stereocenters. The van der Waals surface area contributed by atoms with E-state index in [2.05, 4.69) is 207 Å². The third kappa shape index (κ3) is 5.50. The molecule has 0 amide bonds. The first-order valence-electron chi connectivity index (χ1n) is 19.8. The van der Waals surface area contributed by atoms with Crippen LogP contribution in [0.3, 0.4) is 0 Å². The molecule has 1 atom stereocenters. The lowest BCUT2D eigenvalue weighted by molar-refractivity contribution is 0.660. The Balaban J connectivity index is 1.03. The third-order valence-corrected chi connectivity index (χ3v) is 12.1. The van der Waals surface area contributed by atoms with Crippen molar-refractivity contribution in [3.63, 3.8) is 0 Å². The number of hydrogen-bond donors (Lipinski definition) is 1. The maximum atomic E-state index is 5.32. The molecule has 0 aromatic heterocycles. The maximum Gasteiger partial charge on any atom is 0.159 e. The van der Waals surface area contributed by atoms with Gasteiger partial charge < -0.3 is 5.32 Å². The van der Waals surface area contributed by atoms with Gasteiger partial charge in [-0.15, -0.1) is 0 Å². The average molecular weight is 730 g/mol. The summed E-state index contributed by atoms with van der Waals surface area (Å²) in [6.45, 7) is 4.67. The van der Waals surface area contributed by atoms with Gasteiger partial charge in [0.2, 0.25) is 0 Å². The molecule has 11 rings (SSSR count). The van der Waals surface area contributed by atoms with E-state index in [0.717, 1.165) is 28.1 Å². The molecule has 270 valence electrons. The first-order chi connectivity index (χ1) is 28.0. The van der Waals surface area contributed by atoms with E-state index in [4.69, 9.17) is 9.98 Å². The van der Waals surface area contributed by atoms with Gasteiger partial charge in [0.15, 0.2) is 5.84 Å². The monoisotopic (exact) mass is 729 g/mol. The molecule has 3 heteroatoms. The second kappa shape index (κ2) is 13.0. The fourth-order valence-electron chi connectivity index (χ4n) is 9.16. The summed E-state index contributed by atoms with van der Waals surface area (Å²) in [5, 5.41) is 11.2. The summed E-state index contributed by atoms with van der Waals surface area (Å²) in [6.07, 6.45) is -0.329. The Hall–Kier alpha value is -7.10. The minimum atomic E-state index is -0.329. The number of fused-ring (bicyclic) bond motifs is 9. The van der Waals surface area contributed by atoms with Crippen LogP contribution in [-0.2, 0) is 5.41 Å². The molecule has 0 spiro atoms. The predicted molar refractivity (Wildman–Crippen MR) is 239 cm³/mol. The van der Waals surface area contributed by atoms with Crippen molar-refractivity contribution in [2.75, 3.05) is 0 Å². The van der Waals surface area contributed by atoms with Crippen molar-refractivity contribution in [2.24, 2.45) is 9.98 Å². The fourth-order valence-corrected chi connectivity index (χ4v) is 9.16. The van der Waals surface area contributed by atoms with Crippen LogP contribution in [0.25, 0.3) is 65.7 Å². The number of amidine groups is 2. The Morgan fingerprint density at radius 1 is 0.404 bits per heavy atom. The average Bonchev–Trinajstić information content (AvgIpc) is 3.51. The molecule has 0 bridgehead atoms. The summed E-state index contributed by atoms with van der Waals surface area (Å²) in [5.41, 5.74) is 13.2. The highest BCUT2D eigenvalue weighted by Crippen LogP contribution is 2.49. The van der Waals surface area contributed by atoms with Gasteiger partial charge in [-0.1, -0.05) is 184 Å². The van der Waals surface area contributed by atoms with Crippen LogP contribution >= 0.6 is 0 Å². The minimum absolute atomic E-state index is 0.0688. The molecule has 0 radical (unpaired) electrons. The van der Waals surface area contributed by atoms with Crippen LogP contribution in [0.4, 0.5) is 0 Å². The molecule has 0 saturated carbocycles. The Bertz CT molecular complexity index is 3080. The molecule has 1 aliphatic carbocycles. The zero-order valence-corrected chi connectivity index (χ0v) is 31.9. The molecule has 1 heterocycles. The van der Waals surface area contributed by atoms with E-state index in [1.165, 1.54) is 71.3 Å². The van der Waals surface area contributed by atoms with Gasteiger partial charge in [-0.3, -0.25) is 0 Å². The zero-order chi connectivity index (χ0) is 38.1. The number of nitrogens with one attached hydrogen (secondary N) is 1. The third-order valence-electron chi connectivity index (χ3n) is 12.1. The first-order valence-corrected chi connectivity index (χ1v) is 19.8. The summed E-state index contributed by atoms with van der Waals surface area (Å²) >= 11 is 0. The second-order valence-electron chi connectivity index (χ2n) is 15.8. The van der Waals surface area contributed by atoms with Gasteiger partial charge in [0.05, 0.1) is 0 Å². The van der Waals surface area contributed by atoms with Gasteiger partial charge in [0.25, 0.3) is 0 Å². The van der Waals surface area contributed by atoms with Crippen molar-refractivity contribution in [1.29, 1.82) is 0 Å². The van der Waals surface area contributed by atoms with Gasteiger partial charge in [0.1, 0.15) is 12.0 Å². The predicted octanol–water partition coefficient (Wildman–Crippen LogP) is 13.3. The molecule has 0 fully saturated rings. The molecule has 3 nitrogen and oxygen atoms in total. The first kappa shape index (κ1) is 33.3. The zero-order valence-electron chi connectivity index (χ0n) is 31.9. The number of hydrogen-bond acceptors (Lipinski definition) is 3. The lowest BCUT2D eigenvalue weighted by Crippen LogP contribution is -2.33. The molecule has 2 aliphatic rings. The van der Waals surface area contributed by atoms with E-state index >= 15 is 0 Å². The van der Waals surface area contributed by atoms with Crippen LogP contribution in [0.15, 0.2) is 198 Å². The summed E-state index contributed by atoms with van der Waals surface area (Å²) in [7, 11) is 0. The van der Waals surface area contributed by atoms with E-state index in [1.54, 1.807) is 0 Å². The summed E-state index contributed by atoms with van der Waals surface area (Å²) < 4.78 is 0. The quantitative estimate of drug-likeness (QED) is 0.176. The van der Waals surface area contributed by atoms with Gasteiger partial charge in [0, 0.05) is 16.5 Å². The van der Waals surface area contributed by atoms with Gasteiger partial charge in [-0.05, 0) is 101 Å². The number of rotatable bonds is 5. The van der Waals surface area contributed by atoms with E-state index in [1.807, 2.05) is 0 Å². The van der Waals surface area contributed by atoms with E-state index in [-0.39, 0.29) is 11.6 Å². The molecular weight excluding hydrogens is 691 g/mol. The van der Waals surface area contributed by atoms with Crippen molar-refractivity contribution in [3.8, 4) is 33.4 Å². The summed E-state index contributed by atoms with van der Waals surface area (Å²) in [5.74, 6) is 1.51. The van der Waals surface area contributed by atoms with Crippen molar-refractivity contribution in [1.82, 2.24) is 5.32 Å². The molecular formula is C54H39N3. The fraction of sp³-hybridized carbons (Fsp3) is 0.0741. The Morgan fingerprint density at radius 2 is 0.947 bits per heavy atom. The van der Waals surface area contributed by atoms with Gasteiger partial charge in [-0.2, -0.15) is 0 Å². The lowest BCUT2D eigenvalue weighted by atomic mass is 9.81. The van der Waals surface area contributed by atoms with Crippen molar-refractivity contribution in [2.45, 2.75) is 25.4 Å². The van der Waals surface area contributed by atoms with Crippen LogP contribution in [0.1, 0.15) is 47.8 Å². The SMILES string of the molecule is CC1(C)c2ccccc2-c2ccc(-c3cccc(C4=NC(c5ccc6c7ccccc7c7ccccc7c6c5)=NC(c5ccc(-c6ccccc6)cc5)N4)c3)cc21. The minimum Gasteiger partial charge on any atom is -0.344 e. The Morgan fingerprint density at radius 3 is 1.70 bits per heavy atom. The topological polar surface area (TPSA) is 36.8 Å². The summed E-state index contributed by atoms with van der Waals surface area (Å²) in [4.78, 5) is 10.6. The van der Waals surface area contributed by atoms with E-state index in [9.17, 15) is 0 Å². The number of aliphatic imine (C=N–C) groups is 2. The van der Waals surface area contributed by atoms with Crippen LogP contribution in [0, 0.1) is 0 Å². The molecule has 1 N–H and O–H groups in total. The highest BCUT2D eigenvalue weighted by atomic mass is 15.2. The molecule has 9 aromatic rings. The molecule has 1 aliphatic heterocycles. The largest absolute Gasteiger partial charge is 0.344 e. The second-order valence-corrected chi connectivity index (χ2v) is 15.8. The van der Waals surface area contributed by atoms with Crippen LogP contribution < -0.4 is 5.32 Å². The van der Waals surface area contributed by atoms with Crippen LogP contribution in [0.2, 0.25) is 0 Å². The normalized spacial score (nSPS) is 15.5. The Kier molecular flexibility index (Phi) is 7.58. The van der Waals surface area contributed by atoms with Crippen LogP contribution in [0.5, 0.6) is 0 Å². The highest BCUT2D eigenvalue weighted by Gasteiger charge is 2.35. The molecule has 0 saturated heterocycles. The molecule has 9 aromatic carbocycles. The standard InChI is InChI=1S/C54H39N3/c1-54(2)49-22-11-10-21-46(49)47-30-27-38(33-50(47)54)37-15-12-16-39(31-37)52-55-51(36-25-23-35(24-26-36)34-13-4-3-5-14-34)56-53(57-52)40-28-29-45-43-19-7-6-17-41(43)42-18-8-9-20-44(42)48(45)32-40/h3-33,51H,1-2H3,(H,55,56,57). The maximum absolute atomic E-state index is 5.32. The molecule has 57 heavy (non-hydrogen) atoms. The van der Waals surface area contributed by atoms with Gasteiger partial charge >= 0.3 is 0 Å². The highest BCUT2D eigenvalue weighted by molar-refractivity contribution is 6.26. The smallest absolute Gasteiger partial charge is 0.159 e. The van der Waals surface area contributed by atoms with Crippen LogP contribution in [-0.4, -0.2) is 11.7 Å². The van der Waals surface area contributed by atoms with Crippen molar-refractivity contribution in [3.05, 3.63) is 216 Å².